The van der Waals surface area contributed by atoms with Crippen molar-refractivity contribution in [1.82, 2.24) is 0 Å². The summed E-state index contributed by atoms with van der Waals surface area (Å²) >= 11 is 0. The van der Waals surface area contributed by atoms with E-state index in [9.17, 15) is 13.5 Å². The molecule has 0 aromatic heterocycles. The van der Waals surface area contributed by atoms with Crippen molar-refractivity contribution in [3.63, 3.8) is 0 Å². The first kappa shape index (κ1) is 17.0. The molecular weight excluding hydrogens is 274 g/mol. The molecular formula is C15H25NO3S. The summed E-state index contributed by atoms with van der Waals surface area (Å²) in [6.45, 7) is 5.95. The molecule has 0 aliphatic rings. The molecule has 4 nitrogen and oxygen atoms in total. The fourth-order valence-electron chi connectivity index (χ4n) is 2.13. The lowest BCUT2D eigenvalue weighted by Gasteiger charge is -2.32. The van der Waals surface area contributed by atoms with Crippen LogP contribution in [0.25, 0.3) is 0 Å². The zero-order valence-corrected chi connectivity index (χ0v) is 13.3. The van der Waals surface area contributed by atoms with Crippen molar-refractivity contribution >= 4 is 15.5 Å². The van der Waals surface area contributed by atoms with Crippen LogP contribution in [0.5, 0.6) is 0 Å². The zero-order chi connectivity index (χ0) is 15.2. The van der Waals surface area contributed by atoms with E-state index >= 15 is 0 Å². The van der Waals surface area contributed by atoms with Gasteiger partial charge in [0.15, 0.2) is 9.84 Å². The highest BCUT2D eigenvalue weighted by atomic mass is 32.2. The highest BCUT2D eigenvalue weighted by Crippen LogP contribution is 2.23. The summed E-state index contributed by atoms with van der Waals surface area (Å²) in [5.41, 5.74) is 0.488. The number of hydrogen-bond donors (Lipinski definition) is 2. The van der Waals surface area contributed by atoms with E-state index in [2.05, 4.69) is 5.32 Å². The van der Waals surface area contributed by atoms with E-state index in [1.54, 1.807) is 24.3 Å². The van der Waals surface area contributed by atoms with E-state index in [1.165, 1.54) is 0 Å². The number of aliphatic hydroxyl groups is 1. The van der Waals surface area contributed by atoms with Crippen LogP contribution >= 0.6 is 0 Å². The quantitative estimate of drug-likeness (QED) is 0.774. The molecule has 0 saturated heterocycles. The van der Waals surface area contributed by atoms with Gasteiger partial charge in [0.05, 0.1) is 22.8 Å². The monoisotopic (exact) mass is 299 g/mol. The summed E-state index contributed by atoms with van der Waals surface area (Å²) in [7, 11) is -3.16. The Bertz CT molecular complexity index is 496. The molecule has 0 saturated carbocycles. The Balaban J connectivity index is 2.92. The molecule has 1 rings (SSSR count). The van der Waals surface area contributed by atoms with Crippen LogP contribution in [-0.2, 0) is 9.84 Å². The predicted molar refractivity (Wildman–Crippen MR) is 82.8 cm³/mol. The number of rotatable bonds is 8. The minimum atomic E-state index is -3.16. The van der Waals surface area contributed by atoms with Gasteiger partial charge in [-0.15, -0.1) is 0 Å². The van der Waals surface area contributed by atoms with Crippen LogP contribution in [-0.4, -0.2) is 31.4 Å². The van der Waals surface area contributed by atoms with Crippen LogP contribution in [0.15, 0.2) is 29.2 Å². The van der Waals surface area contributed by atoms with E-state index < -0.39 is 9.84 Å². The Labute approximate surface area is 122 Å². The number of hydrogen-bond acceptors (Lipinski definition) is 4. The maximum absolute atomic E-state index is 11.9. The summed E-state index contributed by atoms with van der Waals surface area (Å²) in [5.74, 6) is 0.171. The van der Waals surface area contributed by atoms with Gasteiger partial charge in [-0.3, -0.25) is 0 Å². The lowest BCUT2D eigenvalue weighted by Crippen LogP contribution is -2.40. The maximum atomic E-state index is 11.9. The molecule has 20 heavy (non-hydrogen) atoms. The highest BCUT2D eigenvalue weighted by Gasteiger charge is 2.24. The van der Waals surface area contributed by atoms with Gasteiger partial charge in [0.1, 0.15) is 0 Å². The molecule has 0 radical (unpaired) electrons. The number of sulfone groups is 1. The third-order valence-corrected chi connectivity index (χ3v) is 5.69. The number of aliphatic hydroxyl groups excluding tert-OH is 1. The third kappa shape index (κ3) is 3.96. The van der Waals surface area contributed by atoms with Gasteiger partial charge in [-0.25, -0.2) is 8.42 Å². The minimum Gasteiger partial charge on any atom is -0.394 e. The molecule has 0 heterocycles. The number of nitrogens with one attached hydrogen (secondary N) is 1. The zero-order valence-electron chi connectivity index (χ0n) is 12.5. The Morgan fingerprint density at radius 1 is 1.10 bits per heavy atom. The molecule has 0 unspecified atom stereocenters. The van der Waals surface area contributed by atoms with Crippen LogP contribution in [0.1, 0.15) is 40.0 Å². The Morgan fingerprint density at radius 3 is 2.05 bits per heavy atom. The maximum Gasteiger partial charge on any atom is 0.178 e. The molecule has 0 spiro atoms. The first-order valence-corrected chi connectivity index (χ1v) is 8.80. The van der Waals surface area contributed by atoms with Gasteiger partial charge < -0.3 is 10.4 Å². The minimum absolute atomic E-state index is 0.0515. The second kappa shape index (κ2) is 7.09. The van der Waals surface area contributed by atoms with Gasteiger partial charge in [0.25, 0.3) is 0 Å². The van der Waals surface area contributed by atoms with E-state index in [1.807, 2.05) is 20.8 Å². The van der Waals surface area contributed by atoms with Crippen LogP contribution in [0, 0.1) is 0 Å². The molecule has 0 aliphatic carbocycles. The summed E-state index contributed by atoms with van der Waals surface area (Å²) in [4.78, 5) is 0.354. The average molecular weight is 299 g/mol. The van der Waals surface area contributed by atoms with Crippen molar-refractivity contribution in [2.75, 3.05) is 17.7 Å². The number of benzene rings is 1. The normalized spacial score (nSPS) is 12.4. The van der Waals surface area contributed by atoms with E-state index in [0.29, 0.717) is 11.3 Å². The second-order valence-electron chi connectivity index (χ2n) is 5.11. The van der Waals surface area contributed by atoms with Crippen molar-refractivity contribution in [3.8, 4) is 0 Å². The largest absolute Gasteiger partial charge is 0.394 e. The Hall–Kier alpha value is -1.07. The van der Waals surface area contributed by atoms with Crippen molar-refractivity contribution in [3.05, 3.63) is 24.3 Å². The van der Waals surface area contributed by atoms with Crippen LogP contribution < -0.4 is 5.32 Å². The van der Waals surface area contributed by atoms with Crippen LogP contribution in [0.4, 0.5) is 5.69 Å². The Kier molecular flexibility index (Phi) is 6.02. The molecule has 0 bridgehead atoms. The van der Waals surface area contributed by atoms with Gasteiger partial charge in [-0.05, 0) is 43.5 Å². The molecule has 0 aliphatic heterocycles. The fraction of sp³-hybridized carbons (Fsp3) is 0.600. The van der Waals surface area contributed by atoms with E-state index in [0.717, 1.165) is 18.5 Å². The predicted octanol–water partition coefficient (Wildman–Crippen LogP) is 2.83. The second-order valence-corrected chi connectivity index (χ2v) is 7.22. The van der Waals surface area contributed by atoms with Crippen molar-refractivity contribution in [1.29, 1.82) is 0 Å². The van der Waals surface area contributed by atoms with Crippen LogP contribution in [0.3, 0.4) is 0 Å². The molecule has 1 aromatic carbocycles. The summed E-state index contributed by atoms with van der Waals surface area (Å²) in [6, 6.07) is 6.78. The SMILES string of the molecule is CCCS(=O)(=O)c1ccc(NC(CC)(CC)CO)cc1. The summed E-state index contributed by atoms with van der Waals surface area (Å²) in [6.07, 6.45) is 2.22. The molecule has 1 aromatic rings. The highest BCUT2D eigenvalue weighted by molar-refractivity contribution is 7.91. The molecule has 2 N–H and O–H groups in total. The molecule has 0 atom stereocenters. The molecule has 0 amide bonds. The van der Waals surface area contributed by atoms with Gasteiger partial charge in [0.2, 0.25) is 0 Å². The van der Waals surface area contributed by atoms with Crippen molar-refractivity contribution in [2.24, 2.45) is 0 Å². The topological polar surface area (TPSA) is 66.4 Å². The van der Waals surface area contributed by atoms with E-state index in [-0.39, 0.29) is 17.9 Å². The summed E-state index contributed by atoms with van der Waals surface area (Å²) in [5, 5.41) is 12.8. The van der Waals surface area contributed by atoms with Gasteiger partial charge in [-0.1, -0.05) is 20.8 Å². The fourth-order valence-corrected chi connectivity index (χ4v) is 3.45. The van der Waals surface area contributed by atoms with Crippen molar-refractivity contribution < 1.29 is 13.5 Å². The third-order valence-electron chi connectivity index (χ3n) is 3.75. The smallest absolute Gasteiger partial charge is 0.178 e. The molecule has 0 fully saturated rings. The van der Waals surface area contributed by atoms with Gasteiger partial charge in [0, 0.05) is 5.69 Å². The molecule has 114 valence electrons. The lowest BCUT2D eigenvalue weighted by atomic mass is 9.93. The van der Waals surface area contributed by atoms with Crippen molar-refractivity contribution in [2.45, 2.75) is 50.5 Å². The lowest BCUT2D eigenvalue weighted by molar-refractivity contribution is 0.202. The van der Waals surface area contributed by atoms with Gasteiger partial charge >= 0.3 is 0 Å². The average Bonchev–Trinajstić information content (AvgIpc) is 2.45. The van der Waals surface area contributed by atoms with Gasteiger partial charge in [-0.2, -0.15) is 0 Å². The van der Waals surface area contributed by atoms with Crippen LogP contribution in [0.2, 0.25) is 0 Å². The Morgan fingerprint density at radius 2 is 1.65 bits per heavy atom. The van der Waals surface area contributed by atoms with E-state index in [4.69, 9.17) is 0 Å². The molecule has 5 heteroatoms. The number of anilines is 1. The standard InChI is InChI=1S/C15H25NO3S/c1-4-11-20(18,19)14-9-7-13(8-10-14)16-15(5-2,6-3)12-17/h7-10,16-17H,4-6,11-12H2,1-3H3. The first-order chi connectivity index (χ1) is 9.43. The summed E-state index contributed by atoms with van der Waals surface area (Å²) < 4.78 is 23.9. The first-order valence-electron chi connectivity index (χ1n) is 7.15.